The topological polar surface area (TPSA) is 41.1 Å². The van der Waals surface area contributed by atoms with E-state index >= 15 is 0 Å². The second kappa shape index (κ2) is 6.61. The highest BCUT2D eigenvalue weighted by molar-refractivity contribution is 6.36. The number of amides is 1. The molecule has 0 fully saturated rings. The van der Waals surface area contributed by atoms with Crippen LogP contribution in [0.25, 0.3) is 0 Å². The zero-order valence-corrected chi connectivity index (χ0v) is 10.5. The van der Waals surface area contributed by atoms with Crippen LogP contribution in [0.5, 0.6) is 0 Å². The van der Waals surface area contributed by atoms with E-state index in [1.165, 1.54) is 0 Å². The third kappa shape index (κ3) is 4.29. The third-order valence-corrected chi connectivity index (χ3v) is 2.49. The average Bonchev–Trinajstić information content (AvgIpc) is 2.25. The van der Waals surface area contributed by atoms with Crippen LogP contribution in [0, 0.1) is 0 Å². The molecule has 0 atom stereocenters. The summed E-state index contributed by atoms with van der Waals surface area (Å²) in [5.41, 5.74) is 0.706. The van der Waals surface area contributed by atoms with Crippen LogP contribution in [0.15, 0.2) is 18.2 Å². The smallest absolute Gasteiger partial charge is 0.239 e. The summed E-state index contributed by atoms with van der Waals surface area (Å²) in [5, 5.41) is 6.79. The molecule has 0 aliphatic carbocycles. The molecule has 0 aliphatic heterocycles. The molecular formula is C11H14Cl2N2O. The maximum atomic E-state index is 11.3. The van der Waals surface area contributed by atoms with E-state index in [2.05, 4.69) is 10.6 Å². The van der Waals surface area contributed by atoms with Gasteiger partial charge in [0.1, 0.15) is 0 Å². The van der Waals surface area contributed by atoms with Gasteiger partial charge in [-0.15, -0.1) is 0 Å². The van der Waals surface area contributed by atoms with Crippen molar-refractivity contribution in [2.24, 2.45) is 0 Å². The van der Waals surface area contributed by atoms with Gasteiger partial charge in [-0.3, -0.25) is 4.79 Å². The molecular weight excluding hydrogens is 247 g/mol. The SMILES string of the molecule is CCCNC(=O)CNc1ccc(Cl)cc1Cl. The van der Waals surface area contributed by atoms with Gasteiger partial charge < -0.3 is 10.6 Å². The van der Waals surface area contributed by atoms with Crippen LogP contribution in [-0.4, -0.2) is 19.0 Å². The van der Waals surface area contributed by atoms with Gasteiger partial charge in [0.15, 0.2) is 0 Å². The van der Waals surface area contributed by atoms with Crippen molar-refractivity contribution in [3.05, 3.63) is 28.2 Å². The molecule has 0 spiro atoms. The zero-order valence-electron chi connectivity index (χ0n) is 9.02. The minimum absolute atomic E-state index is 0.0483. The number of halogens is 2. The van der Waals surface area contributed by atoms with Gasteiger partial charge in [-0.1, -0.05) is 30.1 Å². The Hall–Kier alpha value is -0.930. The Labute approximate surface area is 105 Å². The van der Waals surface area contributed by atoms with E-state index in [-0.39, 0.29) is 12.5 Å². The molecule has 3 nitrogen and oxygen atoms in total. The van der Waals surface area contributed by atoms with Gasteiger partial charge in [-0.25, -0.2) is 0 Å². The first kappa shape index (κ1) is 13.1. The van der Waals surface area contributed by atoms with Crippen LogP contribution in [-0.2, 0) is 4.79 Å². The van der Waals surface area contributed by atoms with Crippen molar-refractivity contribution in [1.29, 1.82) is 0 Å². The molecule has 2 N–H and O–H groups in total. The maximum absolute atomic E-state index is 11.3. The Kier molecular flexibility index (Phi) is 5.43. The van der Waals surface area contributed by atoms with Crippen LogP contribution in [0.3, 0.4) is 0 Å². The second-order valence-electron chi connectivity index (χ2n) is 3.33. The molecule has 0 aliphatic rings. The van der Waals surface area contributed by atoms with Gasteiger partial charge in [0.05, 0.1) is 17.3 Å². The molecule has 0 aromatic heterocycles. The lowest BCUT2D eigenvalue weighted by molar-refractivity contribution is -0.119. The van der Waals surface area contributed by atoms with Gasteiger partial charge in [0, 0.05) is 11.6 Å². The van der Waals surface area contributed by atoms with E-state index in [9.17, 15) is 4.79 Å². The monoisotopic (exact) mass is 260 g/mol. The molecule has 5 heteroatoms. The molecule has 0 heterocycles. The number of carbonyl (C=O) groups excluding carboxylic acids is 1. The van der Waals surface area contributed by atoms with Crippen molar-refractivity contribution in [2.75, 3.05) is 18.4 Å². The lowest BCUT2D eigenvalue weighted by atomic mass is 10.3. The Morgan fingerprint density at radius 1 is 1.38 bits per heavy atom. The molecule has 0 radical (unpaired) electrons. The number of rotatable bonds is 5. The van der Waals surface area contributed by atoms with E-state index in [1.54, 1.807) is 18.2 Å². The summed E-state index contributed by atoms with van der Waals surface area (Å²) in [4.78, 5) is 11.3. The molecule has 0 unspecified atom stereocenters. The first-order valence-corrected chi connectivity index (χ1v) is 5.84. The molecule has 0 saturated carbocycles. The minimum atomic E-state index is -0.0483. The summed E-state index contributed by atoms with van der Waals surface area (Å²) in [6.07, 6.45) is 0.924. The minimum Gasteiger partial charge on any atom is -0.375 e. The number of anilines is 1. The molecule has 1 aromatic carbocycles. The van der Waals surface area contributed by atoms with Crippen LogP contribution >= 0.6 is 23.2 Å². The van der Waals surface area contributed by atoms with Crippen LogP contribution < -0.4 is 10.6 Å². The number of hydrogen-bond acceptors (Lipinski definition) is 2. The highest BCUT2D eigenvalue weighted by Crippen LogP contribution is 2.24. The quantitative estimate of drug-likeness (QED) is 0.855. The van der Waals surface area contributed by atoms with Crippen molar-refractivity contribution in [1.82, 2.24) is 5.32 Å². The predicted molar refractivity (Wildman–Crippen MR) is 68.3 cm³/mol. The van der Waals surface area contributed by atoms with E-state index < -0.39 is 0 Å². The number of benzene rings is 1. The number of carbonyl (C=O) groups is 1. The Balaban J connectivity index is 2.45. The summed E-state index contributed by atoms with van der Waals surface area (Å²) in [6.45, 7) is 2.90. The van der Waals surface area contributed by atoms with E-state index in [4.69, 9.17) is 23.2 Å². The predicted octanol–water partition coefficient (Wildman–Crippen LogP) is 2.93. The van der Waals surface area contributed by atoms with E-state index in [0.29, 0.717) is 22.3 Å². The van der Waals surface area contributed by atoms with Gasteiger partial charge in [0.25, 0.3) is 0 Å². The van der Waals surface area contributed by atoms with Crippen molar-refractivity contribution < 1.29 is 4.79 Å². The normalized spacial score (nSPS) is 9.94. The summed E-state index contributed by atoms with van der Waals surface area (Å²) >= 11 is 11.7. The highest BCUT2D eigenvalue weighted by atomic mass is 35.5. The fourth-order valence-electron chi connectivity index (χ4n) is 1.14. The van der Waals surface area contributed by atoms with Gasteiger partial charge in [-0.2, -0.15) is 0 Å². The standard InChI is InChI=1S/C11H14Cl2N2O/c1-2-5-14-11(16)7-15-10-4-3-8(12)6-9(10)13/h3-4,6,15H,2,5,7H2,1H3,(H,14,16). The zero-order chi connectivity index (χ0) is 12.0. The Morgan fingerprint density at radius 2 is 2.12 bits per heavy atom. The maximum Gasteiger partial charge on any atom is 0.239 e. The highest BCUT2D eigenvalue weighted by Gasteiger charge is 2.03. The first-order chi connectivity index (χ1) is 7.63. The van der Waals surface area contributed by atoms with Crippen LogP contribution in [0.2, 0.25) is 10.0 Å². The van der Waals surface area contributed by atoms with Crippen molar-refractivity contribution in [3.63, 3.8) is 0 Å². The van der Waals surface area contributed by atoms with Gasteiger partial charge in [0.2, 0.25) is 5.91 Å². The molecule has 1 aromatic rings. The third-order valence-electron chi connectivity index (χ3n) is 1.94. The Bertz CT molecular complexity index is 369. The summed E-state index contributed by atoms with van der Waals surface area (Å²) in [7, 11) is 0. The fraction of sp³-hybridized carbons (Fsp3) is 0.364. The van der Waals surface area contributed by atoms with Crippen molar-refractivity contribution >= 4 is 34.8 Å². The van der Waals surface area contributed by atoms with E-state index in [1.807, 2.05) is 6.92 Å². The van der Waals surface area contributed by atoms with Crippen LogP contribution in [0.1, 0.15) is 13.3 Å². The van der Waals surface area contributed by atoms with Crippen molar-refractivity contribution in [2.45, 2.75) is 13.3 Å². The number of nitrogens with one attached hydrogen (secondary N) is 2. The van der Waals surface area contributed by atoms with Crippen LogP contribution in [0.4, 0.5) is 5.69 Å². The average molecular weight is 261 g/mol. The largest absolute Gasteiger partial charge is 0.375 e. The lowest BCUT2D eigenvalue weighted by Crippen LogP contribution is -2.30. The fourth-order valence-corrected chi connectivity index (χ4v) is 1.61. The lowest BCUT2D eigenvalue weighted by Gasteiger charge is -2.08. The van der Waals surface area contributed by atoms with Gasteiger partial charge >= 0.3 is 0 Å². The van der Waals surface area contributed by atoms with Crippen molar-refractivity contribution in [3.8, 4) is 0 Å². The second-order valence-corrected chi connectivity index (χ2v) is 4.17. The summed E-state index contributed by atoms with van der Waals surface area (Å²) < 4.78 is 0. The molecule has 0 bridgehead atoms. The Morgan fingerprint density at radius 3 is 2.75 bits per heavy atom. The molecule has 0 saturated heterocycles. The number of hydrogen-bond donors (Lipinski definition) is 2. The summed E-state index contributed by atoms with van der Waals surface area (Å²) in [5.74, 6) is -0.0483. The van der Waals surface area contributed by atoms with E-state index in [0.717, 1.165) is 6.42 Å². The molecule has 16 heavy (non-hydrogen) atoms. The molecule has 1 amide bonds. The molecule has 1 rings (SSSR count). The molecule has 88 valence electrons. The van der Waals surface area contributed by atoms with Gasteiger partial charge in [-0.05, 0) is 24.6 Å². The first-order valence-electron chi connectivity index (χ1n) is 5.09. The summed E-state index contributed by atoms with van der Waals surface area (Å²) in [6, 6.07) is 5.10.